The van der Waals surface area contributed by atoms with Crippen molar-refractivity contribution in [1.82, 2.24) is 15.0 Å². The van der Waals surface area contributed by atoms with Gasteiger partial charge in [-0.05, 0) is 24.3 Å². The van der Waals surface area contributed by atoms with Crippen LogP contribution in [0.25, 0.3) is 33.3 Å². The third kappa shape index (κ3) is 2.57. The maximum Gasteiger partial charge on any atom is 0.142 e. The second kappa shape index (κ2) is 6.21. The number of para-hydroxylation sites is 1. The highest BCUT2D eigenvalue weighted by Gasteiger charge is 2.15. The Morgan fingerprint density at radius 3 is 2.77 bits per heavy atom. The van der Waals surface area contributed by atoms with Crippen molar-refractivity contribution >= 4 is 45.1 Å². The Bertz CT molecular complexity index is 1100. The van der Waals surface area contributed by atoms with Gasteiger partial charge in [-0.1, -0.05) is 18.2 Å². The summed E-state index contributed by atoms with van der Waals surface area (Å²) in [5.41, 5.74) is 12.1. The fraction of sp³-hybridized carbons (Fsp3) is 0.200. The van der Waals surface area contributed by atoms with Crippen LogP contribution in [0.5, 0.6) is 0 Å². The number of pyridine rings is 1. The fourth-order valence-corrected chi connectivity index (χ4v) is 4.40. The molecule has 0 unspecified atom stereocenters. The zero-order valence-corrected chi connectivity index (χ0v) is 15.1. The third-order valence-corrected chi connectivity index (χ3v) is 5.86. The van der Waals surface area contributed by atoms with Gasteiger partial charge in [0.25, 0.3) is 0 Å². The van der Waals surface area contributed by atoms with Crippen LogP contribution in [0.1, 0.15) is 0 Å². The molecule has 5 nitrogen and oxygen atoms in total. The van der Waals surface area contributed by atoms with Crippen molar-refractivity contribution in [2.24, 2.45) is 0 Å². The summed E-state index contributed by atoms with van der Waals surface area (Å²) in [6.07, 6.45) is 1.80. The van der Waals surface area contributed by atoms with Crippen LogP contribution in [0.15, 0.2) is 48.7 Å². The molecule has 1 aliphatic heterocycles. The first kappa shape index (κ1) is 15.5. The SMILES string of the molecule is Nc1c(-c2nc3ccc(N4CCSCC4)cc3[nH]2)cnc2ccccc12. The molecule has 0 radical (unpaired) electrons. The van der Waals surface area contributed by atoms with Crippen LogP contribution in [-0.4, -0.2) is 39.5 Å². The molecule has 6 heteroatoms. The maximum atomic E-state index is 6.41. The average Bonchev–Trinajstić information content (AvgIpc) is 3.12. The molecule has 0 saturated carbocycles. The number of anilines is 2. The zero-order chi connectivity index (χ0) is 17.5. The Morgan fingerprint density at radius 1 is 1.04 bits per heavy atom. The van der Waals surface area contributed by atoms with Gasteiger partial charge >= 0.3 is 0 Å². The van der Waals surface area contributed by atoms with E-state index in [1.165, 1.54) is 17.2 Å². The summed E-state index contributed by atoms with van der Waals surface area (Å²) in [5.74, 6) is 3.14. The van der Waals surface area contributed by atoms with Gasteiger partial charge in [-0.2, -0.15) is 11.8 Å². The molecule has 26 heavy (non-hydrogen) atoms. The van der Waals surface area contributed by atoms with Crippen LogP contribution in [-0.2, 0) is 0 Å². The lowest BCUT2D eigenvalue weighted by atomic mass is 10.1. The van der Waals surface area contributed by atoms with Crippen molar-refractivity contribution < 1.29 is 0 Å². The lowest BCUT2D eigenvalue weighted by Gasteiger charge is -2.28. The first-order chi connectivity index (χ1) is 12.8. The van der Waals surface area contributed by atoms with Gasteiger partial charge in [0.1, 0.15) is 5.82 Å². The number of thioether (sulfide) groups is 1. The van der Waals surface area contributed by atoms with E-state index in [1.54, 1.807) is 6.20 Å². The topological polar surface area (TPSA) is 70.8 Å². The Hall–Kier alpha value is -2.73. The number of imidazole rings is 1. The van der Waals surface area contributed by atoms with E-state index in [1.807, 2.05) is 36.0 Å². The van der Waals surface area contributed by atoms with Gasteiger partial charge in [0.2, 0.25) is 0 Å². The highest BCUT2D eigenvalue weighted by molar-refractivity contribution is 7.99. The van der Waals surface area contributed by atoms with Crippen molar-refractivity contribution in [3.05, 3.63) is 48.7 Å². The van der Waals surface area contributed by atoms with Crippen molar-refractivity contribution in [2.45, 2.75) is 0 Å². The monoisotopic (exact) mass is 361 g/mol. The number of fused-ring (bicyclic) bond motifs is 2. The molecule has 0 atom stereocenters. The minimum absolute atomic E-state index is 0.711. The average molecular weight is 361 g/mol. The molecule has 5 rings (SSSR count). The van der Waals surface area contributed by atoms with E-state index >= 15 is 0 Å². The number of benzene rings is 2. The standard InChI is InChI=1S/C20H19N5S/c21-19-14-3-1-2-4-16(14)22-12-15(19)20-23-17-6-5-13(11-18(17)24-20)25-7-9-26-10-8-25/h1-6,11-12H,7-10H2,(H2,21,22)(H,23,24). The molecule has 2 aromatic carbocycles. The molecular formula is C20H19N5S. The fourth-order valence-electron chi connectivity index (χ4n) is 3.49. The number of nitrogens with one attached hydrogen (secondary N) is 1. The molecule has 0 bridgehead atoms. The highest BCUT2D eigenvalue weighted by Crippen LogP contribution is 2.31. The number of nitrogens with two attached hydrogens (primary N) is 1. The van der Waals surface area contributed by atoms with E-state index in [2.05, 4.69) is 33.1 Å². The largest absolute Gasteiger partial charge is 0.398 e. The molecular weight excluding hydrogens is 342 g/mol. The molecule has 0 aliphatic carbocycles. The number of aromatic amines is 1. The number of hydrogen-bond acceptors (Lipinski definition) is 5. The third-order valence-electron chi connectivity index (χ3n) is 4.91. The molecule has 1 aliphatic rings. The molecule has 4 aromatic rings. The maximum absolute atomic E-state index is 6.41. The van der Waals surface area contributed by atoms with Gasteiger partial charge in [-0.25, -0.2) is 4.98 Å². The predicted molar refractivity (Wildman–Crippen MR) is 111 cm³/mol. The molecule has 130 valence electrons. The van der Waals surface area contributed by atoms with Gasteiger partial charge in [0, 0.05) is 41.9 Å². The highest BCUT2D eigenvalue weighted by atomic mass is 32.2. The molecule has 3 heterocycles. The number of hydrogen-bond donors (Lipinski definition) is 2. The Morgan fingerprint density at radius 2 is 1.88 bits per heavy atom. The van der Waals surface area contributed by atoms with Gasteiger partial charge in [-0.3, -0.25) is 4.98 Å². The van der Waals surface area contributed by atoms with E-state index in [-0.39, 0.29) is 0 Å². The van der Waals surface area contributed by atoms with Gasteiger partial charge in [-0.15, -0.1) is 0 Å². The zero-order valence-electron chi connectivity index (χ0n) is 14.3. The number of nitrogens with zero attached hydrogens (tertiary/aromatic N) is 3. The number of rotatable bonds is 2. The Balaban J connectivity index is 1.58. The lowest BCUT2D eigenvalue weighted by Crippen LogP contribution is -2.32. The van der Waals surface area contributed by atoms with Crippen molar-refractivity contribution in [3.8, 4) is 11.4 Å². The van der Waals surface area contributed by atoms with Crippen LogP contribution in [0.2, 0.25) is 0 Å². The molecule has 3 N–H and O–H groups in total. The summed E-state index contributed by atoms with van der Waals surface area (Å²) in [5, 5.41) is 0.956. The summed E-state index contributed by atoms with van der Waals surface area (Å²) >= 11 is 2.02. The first-order valence-corrected chi connectivity index (χ1v) is 9.91. The Kier molecular flexibility index (Phi) is 3.71. The summed E-state index contributed by atoms with van der Waals surface area (Å²) in [4.78, 5) is 15.1. The Labute approximate surface area is 155 Å². The molecule has 2 aromatic heterocycles. The summed E-state index contributed by atoms with van der Waals surface area (Å²) in [6.45, 7) is 2.19. The summed E-state index contributed by atoms with van der Waals surface area (Å²) < 4.78 is 0. The van der Waals surface area contributed by atoms with Crippen molar-refractivity contribution in [3.63, 3.8) is 0 Å². The quantitative estimate of drug-likeness (QED) is 0.566. The van der Waals surface area contributed by atoms with Crippen molar-refractivity contribution in [1.29, 1.82) is 0 Å². The van der Waals surface area contributed by atoms with Crippen LogP contribution >= 0.6 is 11.8 Å². The minimum Gasteiger partial charge on any atom is -0.398 e. The molecule has 1 fully saturated rings. The minimum atomic E-state index is 0.711. The normalized spacial score (nSPS) is 15.0. The van der Waals surface area contributed by atoms with Crippen LogP contribution < -0.4 is 10.6 Å². The van der Waals surface area contributed by atoms with Gasteiger partial charge < -0.3 is 15.6 Å². The second-order valence-corrected chi connectivity index (χ2v) is 7.71. The number of H-pyrrole nitrogens is 1. The summed E-state index contributed by atoms with van der Waals surface area (Å²) in [6, 6.07) is 14.3. The molecule has 1 saturated heterocycles. The smallest absolute Gasteiger partial charge is 0.142 e. The predicted octanol–water partition coefficient (Wildman–Crippen LogP) is 3.91. The van der Waals surface area contributed by atoms with Crippen LogP contribution in [0, 0.1) is 0 Å². The van der Waals surface area contributed by atoms with E-state index in [9.17, 15) is 0 Å². The van der Waals surface area contributed by atoms with E-state index < -0.39 is 0 Å². The van der Waals surface area contributed by atoms with E-state index in [0.717, 1.165) is 46.4 Å². The van der Waals surface area contributed by atoms with Gasteiger partial charge in [0.05, 0.1) is 27.8 Å². The van der Waals surface area contributed by atoms with Crippen LogP contribution in [0.3, 0.4) is 0 Å². The number of aromatic nitrogens is 3. The lowest BCUT2D eigenvalue weighted by molar-refractivity contribution is 0.859. The van der Waals surface area contributed by atoms with E-state index in [4.69, 9.17) is 10.7 Å². The van der Waals surface area contributed by atoms with Crippen LogP contribution in [0.4, 0.5) is 11.4 Å². The summed E-state index contributed by atoms with van der Waals surface area (Å²) in [7, 11) is 0. The molecule has 0 spiro atoms. The van der Waals surface area contributed by atoms with E-state index in [0.29, 0.717) is 5.69 Å². The number of nitrogen functional groups attached to an aromatic ring is 1. The first-order valence-electron chi connectivity index (χ1n) is 8.76. The van der Waals surface area contributed by atoms with Gasteiger partial charge in [0.15, 0.2) is 0 Å². The van der Waals surface area contributed by atoms with Crippen molar-refractivity contribution in [2.75, 3.05) is 35.2 Å². The second-order valence-electron chi connectivity index (χ2n) is 6.49. The molecule has 0 amide bonds.